The van der Waals surface area contributed by atoms with E-state index in [-0.39, 0.29) is 30.7 Å². The lowest BCUT2D eigenvalue weighted by Crippen LogP contribution is -2.61. The van der Waals surface area contributed by atoms with E-state index in [9.17, 15) is 39.2 Å². The van der Waals surface area contributed by atoms with Crippen LogP contribution in [0, 0.1) is 23.6 Å². The topological polar surface area (TPSA) is 178 Å². The van der Waals surface area contributed by atoms with Gasteiger partial charge in [0, 0.05) is 25.3 Å². The molecule has 3 amide bonds. The predicted octanol–water partition coefficient (Wildman–Crippen LogP) is 2.03. The molecule has 2 aliphatic rings. The first-order valence-electron chi connectivity index (χ1n) is 16.2. The normalized spacial score (nSPS) is 24.7. The maximum absolute atomic E-state index is 13.7. The smallest absolute Gasteiger partial charge is 0.337 e. The SMILES string of the molecule is COC(=O)[C@H]1O[C@@H](Oc2ccc(C3[C@@H](CC[C@H](O)c4ccc(F)cc4)C(=O)N3c3ccc(C#CCNC(=O)N(C)C)cc3)cc2)[C@H](O)[C@@H](O)[C@@H]1O. The Balaban J connectivity index is 1.33. The third-order valence-corrected chi connectivity index (χ3v) is 8.81. The molecule has 2 heterocycles. The number of carbonyl (C=O) groups excluding carboxylic acids is 3. The third kappa shape index (κ3) is 8.47. The number of aliphatic hydroxyl groups is 4. The number of rotatable bonds is 10. The van der Waals surface area contributed by atoms with Crippen LogP contribution in [0.1, 0.15) is 41.7 Å². The molecule has 2 saturated heterocycles. The summed E-state index contributed by atoms with van der Waals surface area (Å²) in [6, 6.07) is 18.5. The number of amides is 3. The molecule has 2 fully saturated rings. The lowest BCUT2D eigenvalue weighted by molar-refractivity contribution is -0.271. The predicted molar refractivity (Wildman–Crippen MR) is 180 cm³/mol. The number of nitrogens with zero attached hydrogens (tertiary/aromatic N) is 2. The summed E-state index contributed by atoms with van der Waals surface area (Å²) in [5, 5.41) is 44.4. The van der Waals surface area contributed by atoms with Crippen LogP contribution in [-0.4, -0.2) is 102 Å². The Kier molecular flexibility index (Phi) is 11.9. The summed E-state index contributed by atoms with van der Waals surface area (Å²) in [6.07, 6.45) is -8.57. The number of β-lactam (4-membered cyclic amide) rings is 1. The molecule has 0 spiro atoms. The van der Waals surface area contributed by atoms with Crippen LogP contribution in [0.25, 0.3) is 0 Å². The minimum Gasteiger partial charge on any atom is -0.467 e. The van der Waals surface area contributed by atoms with Gasteiger partial charge in [0.1, 0.15) is 29.9 Å². The standard InChI is InChI=1S/C37H40FN3O10/c1-40(2)37(48)39-20-4-5-21-6-14-25(15-7-21)41-29(27(34(41)46)18-19-28(42)22-8-12-24(38)13-9-22)23-10-16-26(17-11-23)50-36-32(45)30(43)31(44)33(51-36)35(47)49-3/h6-17,27-33,36,42-45H,18-20H2,1-3H3,(H,39,48)/t27-,28+,29?,30+,31+,32-,33+,36-/m1/s1. The first-order valence-corrected chi connectivity index (χ1v) is 16.2. The number of aliphatic hydroxyl groups excluding tert-OH is 4. The molecule has 0 radical (unpaired) electrons. The van der Waals surface area contributed by atoms with Crippen molar-refractivity contribution >= 4 is 23.6 Å². The summed E-state index contributed by atoms with van der Waals surface area (Å²) in [7, 11) is 4.35. The first kappa shape index (κ1) is 37.2. The Labute approximate surface area is 294 Å². The van der Waals surface area contributed by atoms with Gasteiger partial charge in [-0.25, -0.2) is 14.0 Å². The van der Waals surface area contributed by atoms with E-state index in [0.29, 0.717) is 23.2 Å². The Morgan fingerprint density at radius 3 is 2.27 bits per heavy atom. The van der Waals surface area contributed by atoms with E-state index >= 15 is 0 Å². The third-order valence-electron chi connectivity index (χ3n) is 8.81. The molecule has 0 bridgehead atoms. The van der Waals surface area contributed by atoms with Crippen LogP contribution >= 0.6 is 0 Å². The van der Waals surface area contributed by atoms with Crippen molar-refractivity contribution in [3.8, 4) is 17.6 Å². The summed E-state index contributed by atoms with van der Waals surface area (Å²) >= 11 is 0. The van der Waals surface area contributed by atoms with Gasteiger partial charge in [0.05, 0.1) is 31.7 Å². The Morgan fingerprint density at radius 2 is 1.65 bits per heavy atom. The Bertz CT molecular complexity index is 1740. The highest BCUT2D eigenvalue weighted by Crippen LogP contribution is 2.46. The molecule has 0 aliphatic carbocycles. The summed E-state index contributed by atoms with van der Waals surface area (Å²) in [5.41, 5.74) is 2.57. The summed E-state index contributed by atoms with van der Waals surface area (Å²) in [4.78, 5) is 40.5. The molecule has 13 nitrogen and oxygen atoms in total. The van der Waals surface area contributed by atoms with Gasteiger partial charge in [0.15, 0.2) is 6.10 Å². The second-order valence-electron chi connectivity index (χ2n) is 12.4. The molecule has 5 N–H and O–H groups in total. The van der Waals surface area contributed by atoms with E-state index in [1.165, 1.54) is 29.2 Å². The first-order chi connectivity index (χ1) is 24.4. The largest absolute Gasteiger partial charge is 0.467 e. The number of hydrogen-bond donors (Lipinski definition) is 5. The number of hydrogen-bond acceptors (Lipinski definition) is 10. The Morgan fingerprint density at radius 1 is 0.980 bits per heavy atom. The fourth-order valence-electron chi connectivity index (χ4n) is 5.95. The van der Waals surface area contributed by atoms with Crippen molar-refractivity contribution in [2.24, 2.45) is 5.92 Å². The maximum atomic E-state index is 13.7. The van der Waals surface area contributed by atoms with Crippen LogP contribution in [-0.2, 0) is 19.1 Å². The van der Waals surface area contributed by atoms with Gasteiger partial charge in [0.2, 0.25) is 12.2 Å². The van der Waals surface area contributed by atoms with Crippen molar-refractivity contribution in [2.45, 2.75) is 55.7 Å². The van der Waals surface area contributed by atoms with E-state index in [4.69, 9.17) is 9.47 Å². The molecule has 270 valence electrons. The van der Waals surface area contributed by atoms with Crippen molar-refractivity contribution in [1.29, 1.82) is 0 Å². The number of benzene rings is 3. The lowest BCUT2D eigenvalue weighted by Gasteiger charge is -2.48. The average Bonchev–Trinajstić information content (AvgIpc) is 3.13. The molecule has 14 heteroatoms. The quantitative estimate of drug-likeness (QED) is 0.119. The van der Waals surface area contributed by atoms with Gasteiger partial charge in [-0.05, 0) is 72.5 Å². The Hall–Kier alpha value is -5.04. The van der Waals surface area contributed by atoms with Crippen LogP contribution in [0.15, 0.2) is 72.8 Å². The van der Waals surface area contributed by atoms with E-state index in [1.807, 2.05) is 0 Å². The van der Waals surface area contributed by atoms with Crippen LogP contribution in [0.3, 0.4) is 0 Å². The molecule has 3 aromatic rings. The molecule has 3 aromatic carbocycles. The monoisotopic (exact) mass is 705 g/mol. The summed E-state index contributed by atoms with van der Waals surface area (Å²) in [6.45, 7) is 0.164. The van der Waals surface area contributed by atoms with Crippen molar-refractivity contribution in [2.75, 3.05) is 32.6 Å². The van der Waals surface area contributed by atoms with E-state index in [1.54, 1.807) is 67.5 Å². The lowest BCUT2D eigenvalue weighted by atomic mass is 9.78. The number of halogens is 1. The van der Waals surface area contributed by atoms with E-state index in [2.05, 4.69) is 21.9 Å². The molecule has 0 aromatic heterocycles. The summed E-state index contributed by atoms with van der Waals surface area (Å²) in [5.74, 6) is 4.05. The fourth-order valence-corrected chi connectivity index (χ4v) is 5.95. The highest BCUT2D eigenvalue weighted by atomic mass is 19.1. The molecule has 5 rings (SSSR count). The fraction of sp³-hybridized carbons (Fsp3) is 0.378. The van der Waals surface area contributed by atoms with Gasteiger partial charge >= 0.3 is 12.0 Å². The molecular formula is C37H40FN3O10. The molecule has 51 heavy (non-hydrogen) atoms. The minimum absolute atomic E-state index is 0.156. The number of methoxy groups -OCH3 is 1. The zero-order valence-electron chi connectivity index (χ0n) is 28.2. The zero-order valence-corrected chi connectivity index (χ0v) is 28.2. The van der Waals surface area contributed by atoms with Crippen LogP contribution in [0.2, 0.25) is 0 Å². The van der Waals surface area contributed by atoms with Crippen LogP contribution < -0.4 is 15.0 Å². The number of nitrogens with one attached hydrogen (secondary N) is 1. The second kappa shape index (κ2) is 16.3. The molecule has 8 atom stereocenters. The minimum atomic E-state index is -1.74. The van der Waals surface area contributed by atoms with Gasteiger partial charge in [-0.15, -0.1) is 0 Å². The van der Waals surface area contributed by atoms with Gasteiger partial charge in [-0.1, -0.05) is 36.1 Å². The van der Waals surface area contributed by atoms with Gasteiger partial charge in [-0.3, -0.25) is 4.79 Å². The second-order valence-corrected chi connectivity index (χ2v) is 12.4. The van der Waals surface area contributed by atoms with E-state index < -0.39 is 60.6 Å². The highest BCUT2D eigenvalue weighted by Gasteiger charge is 2.50. The highest BCUT2D eigenvalue weighted by molar-refractivity contribution is 6.03. The van der Waals surface area contributed by atoms with Crippen molar-refractivity contribution < 1.29 is 53.4 Å². The van der Waals surface area contributed by atoms with Crippen molar-refractivity contribution in [3.05, 3.63) is 95.3 Å². The molecule has 1 unspecified atom stereocenters. The van der Waals surface area contributed by atoms with Gasteiger partial charge in [-0.2, -0.15) is 0 Å². The average molecular weight is 706 g/mol. The summed E-state index contributed by atoms with van der Waals surface area (Å²) < 4.78 is 29.2. The van der Waals surface area contributed by atoms with E-state index in [0.717, 1.165) is 12.7 Å². The molecule has 2 aliphatic heterocycles. The molecular weight excluding hydrogens is 665 g/mol. The van der Waals surface area contributed by atoms with Crippen LogP contribution in [0.4, 0.5) is 14.9 Å². The van der Waals surface area contributed by atoms with Gasteiger partial charge in [0.25, 0.3) is 0 Å². The van der Waals surface area contributed by atoms with Crippen molar-refractivity contribution in [1.82, 2.24) is 10.2 Å². The van der Waals surface area contributed by atoms with Gasteiger partial charge < -0.3 is 49.8 Å². The zero-order chi connectivity index (χ0) is 36.8. The maximum Gasteiger partial charge on any atom is 0.337 e. The van der Waals surface area contributed by atoms with Crippen LogP contribution in [0.5, 0.6) is 5.75 Å². The number of urea groups is 1. The number of anilines is 1. The number of esters is 1. The number of carbonyl (C=O) groups is 3. The molecule has 0 saturated carbocycles. The van der Waals surface area contributed by atoms with Crippen molar-refractivity contribution in [3.63, 3.8) is 0 Å². The number of ether oxygens (including phenoxy) is 3.